The number of para-hydroxylation sites is 1. The van der Waals surface area contributed by atoms with E-state index in [1.165, 1.54) is 0 Å². The van der Waals surface area contributed by atoms with Crippen LogP contribution in [0.2, 0.25) is 0 Å². The van der Waals surface area contributed by atoms with E-state index in [2.05, 4.69) is 5.32 Å². The van der Waals surface area contributed by atoms with E-state index in [-0.39, 0.29) is 18.6 Å². The SMILES string of the molecule is COCC(C)NC(=O)COc1c(C)cccc1CN. The fraction of sp³-hybridized carbons (Fsp3) is 0.500. The van der Waals surface area contributed by atoms with Gasteiger partial charge in [0.15, 0.2) is 6.61 Å². The summed E-state index contributed by atoms with van der Waals surface area (Å²) in [6.07, 6.45) is 0. The summed E-state index contributed by atoms with van der Waals surface area (Å²) in [6, 6.07) is 5.71. The zero-order valence-electron chi connectivity index (χ0n) is 11.7. The molecule has 0 bridgehead atoms. The Balaban J connectivity index is 2.55. The maximum Gasteiger partial charge on any atom is 0.258 e. The summed E-state index contributed by atoms with van der Waals surface area (Å²) in [4.78, 5) is 11.7. The van der Waals surface area contributed by atoms with E-state index in [4.69, 9.17) is 15.2 Å². The summed E-state index contributed by atoms with van der Waals surface area (Å²) in [5.41, 5.74) is 7.52. The normalized spacial score (nSPS) is 12.0. The Bertz CT molecular complexity index is 421. The molecule has 0 aromatic heterocycles. The van der Waals surface area contributed by atoms with Crippen molar-refractivity contribution in [1.82, 2.24) is 5.32 Å². The third kappa shape index (κ3) is 4.89. The van der Waals surface area contributed by atoms with Crippen molar-refractivity contribution in [3.05, 3.63) is 29.3 Å². The Kier molecular flexibility index (Phi) is 6.32. The summed E-state index contributed by atoms with van der Waals surface area (Å²) in [5.74, 6) is 0.523. The van der Waals surface area contributed by atoms with E-state index in [1.807, 2.05) is 32.0 Å². The van der Waals surface area contributed by atoms with Crippen molar-refractivity contribution in [2.75, 3.05) is 20.3 Å². The van der Waals surface area contributed by atoms with Gasteiger partial charge in [-0.3, -0.25) is 4.79 Å². The Morgan fingerprint density at radius 3 is 2.84 bits per heavy atom. The molecule has 0 aliphatic carbocycles. The van der Waals surface area contributed by atoms with Gasteiger partial charge in [-0.25, -0.2) is 0 Å². The summed E-state index contributed by atoms with van der Waals surface area (Å²) >= 11 is 0. The van der Waals surface area contributed by atoms with Crippen LogP contribution < -0.4 is 15.8 Å². The molecule has 1 unspecified atom stereocenters. The molecule has 1 aromatic carbocycles. The number of carbonyl (C=O) groups excluding carboxylic acids is 1. The molecule has 1 aromatic rings. The number of amides is 1. The number of ether oxygens (including phenoxy) is 2. The van der Waals surface area contributed by atoms with Crippen molar-refractivity contribution >= 4 is 5.91 Å². The van der Waals surface area contributed by atoms with E-state index in [9.17, 15) is 4.79 Å². The van der Waals surface area contributed by atoms with E-state index in [0.29, 0.717) is 18.9 Å². The fourth-order valence-corrected chi connectivity index (χ4v) is 1.83. The number of hydrogen-bond acceptors (Lipinski definition) is 4. The number of nitrogens with two attached hydrogens (primary N) is 1. The Morgan fingerprint density at radius 1 is 1.47 bits per heavy atom. The van der Waals surface area contributed by atoms with Crippen molar-refractivity contribution < 1.29 is 14.3 Å². The van der Waals surface area contributed by atoms with Crippen LogP contribution in [-0.2, 0) is 16.1 Å². The summed E-state index contributed by atoms with van der Waals surface area (Å²) in [5, 5.41) is 2.79. The topological polar surface area (TPSA) is 73.6 Å². The third-order valence-electron chi connectivity index (χ3n) is 2.69. The van der Waals surface area contributed by atoms with Crippen molar-refractivity contribution in [3.8, 4) is 5.75 Å². The molecule has 0 radical (unpaired) electrons. The number of methoxy groups -OCH3 is 1. The Hall–Kier alpha value is -1.59. The van der Waals surface area contributed by atoms with Gasteiger partial charge in [0.1, 0.15) is 5.75 Å². The van der Waals surface area contributed by atoms with Crippen LogP contribution in [0.3, 0.4) is 0 Å². The molecule has 106 valence electrons. The average molecular weight is 266 g/mol. The number of benzene rings is 1. The lowest BCUT2D eigenvalue weighted by atomic mass is 10.1. The molecule has 5 heteroatoms. The number of nitrogens with one attached hydrogen (secondary N) is 1. The van der Waals surface area contributed by atoms with Crippen molar-refractivity contribution in [1.29, 1.82) is 0 Å². The zero-order valence-corrected chi connectivity index (χ0v) is 11.7. The predicted molar refractivity (Wildman–Crippen MR) is 74.0 cm³/mol. The third-order valence-corrected chi connectivity index (χ3v) is 2.69. The molecule has 0 aliphatic rings. The summed E-state index contributed by atoms with van der Waals surface area (Å²) in [6.45, 7) is 4.65. The van der Waals surface area contributed by atoms with Crippen LogP contribution >= 0.6 is 0 Å². The smallest absolute Gasteiger partial charge is 0.258 e. The average Bonchev–Trinajstić information content (AvgIpc) is 2.37. The molecule has 0 fully saturated rings. The van der Waals surface area contributed by atoms with Gasteiger partial charge in [-0.05, 0) is 19.4 Å². The number of hydrogen-bond donors (Lipinski definition) is 2. The van der Waals surface area contributed by atoms with E-state index in [0.717, 1.165) is 11.1 Å². The highest BCUT2D eigenvalue weighted by Crippen LogP contribution is 2.22. The first-order valence-corrected chi connectivity index (χ1v) is 6.28. The number of carbonyl (C=O) groups is 1. The van der Waals surface area contributed by atoms with Crippen LogP contribution in [-0.4, -0.2) is 32.3 Å². The zero-order chi connectivity index (χ0) is 14.3. The molecule has 1 atom stereocenters. The minimum Gasteiger partial charge on any atom is -0.483 e. The monoisotopic (exact) mass is 266 g/mol. The van der Waals surface area contributed by atoms with Gasteiger partial charge in [-0.15, -0.1) is 0 Å². The van der Waals surface area contributed by atoms with Crippen LogP contribution in [0.4, 0.5) is 0 Å². The molecule has 1 amide bonds. The second-order valence-corrected chi connectivity index (χ2v) is 4.48. The van der Waals surface area contributed by atoms with E-state index >= 15 is 0 Å². The van der Waals surface area contributed by atoms with Crippen LogP contribution in [0.15, 0.2) is 18.2 Å². The number of rotatable bonds is 7. The first kappa shape index (κ1) is 15.5. The minimum absolute atomic E-state index is 0.0219. The highest BCUT2D eigenvalue weighted by Gasteiger charge is 2.10. The quantitative estimate of drug-likeness (QED) is 0.771. The summed E-state index contributed by atoms with van der Waals surface area (Å²) < 4.78 is 10.5. The molecule has 0 heterocycles. The lowest BCUT2D eigenvalue weighted by Gasteiger charge is -2.15. The van der Waals surface area contributed by atoms with Gasteiger partial charge in [0.25, 0.3) is 5.91 Å². The molecular weight excluding hydrogens is 244 g/mol. The summed E-state index contributed by atoms with van der Waals surface area (Å²) in [7, 11) is 1.60. The lowest BCUT2D eigenvalue weighted by molar-refractivity contribution is -0.124. The lowest BCUT2D eigenvalue weighted by Crippen LogP contribution is -2.38. The van der Waals surface area contributed by atoms with Gasteiger partial charge in [0.05, 0.1) is 6.61 Å². The fourth-order valence-electron chi connectivity index (χ4n) is 1.83. The molecule has 0 aliphatic heterocycles. The van der Waals surface area contributed by atoms with Crippen molar-refractivity contribution in [2.45, 2.75) is 26.4 Å². The molecule has 0 spiro atoms. The van der Waals surface area contributed by atoms with Crippen LogP contribution in [0.5, 0.6) is 5.75 Å². The minimum atomic E-state index is -0.171. The second-order valence-electron chi connectivity index (χ2n) is 4.48. The largest absolute Gasteiger partial charge is 0.483 e. The molecule has 5 nitrogen and oxygen atoms in total. The van der Waals surface area contributed by atoms with Gasteiger partial charge in [0, 0.05) is 25.3 Å². The Labute approximate surface area is 114 Å². The maximum absolute atomic E-state index is 11.7. The van der Waals surface area contributed by atoms with Crippen LogP contribution in [0.1, 0.15) is 18.1 Å². The van der Waals surface area contributed by atoms with Gasteiger partial charge in [-0.2, -0.15) is 0 Å². The Morgan fingerprint density at radius 2 is 2.21 bits per heavy atom. The van der Waals surface area contributed by atoms with E-state index < -0.39 is 0 Å². The molecular formula is C14H22N2O3. The molecule has 0 saturated carbocycles. The van der Waals surface area contributed by atoms with Gasteiger partial charge < -0.3 is 20.5 Å². The van der Waals surface area contributed by atoms with Crippen molar-refractivity contribution in [2.24, 2.45) is 5.73 Å². The molecule has 0 saturated heterocycles. The number of aryl methyl sites for hydroxylation is 1. The predicted octanol–water partition coefficient (Wildman–Crippen LogP) is 0.984. The first-order chi connectivity index (χ1) is 9.08. The van der Waals surface area contributed by atoms with Gasteiger partial charge in [-0.1, -0.05) is 18.2 Å². The molecule has 3 N–H and O–H groups in total. The standard InChI is InChI=1S/C14H22N2O3/c1-10-5-4-6-12(7-15)14(10)19-9-13(17)16-11(2)8-18-3/h4-6,11H,7-9,15H2,1-3H3,(H,16,17). The molecule has 1 rings (SSSR count). The van der Waals surface area contributed by atoms with Crippen molar-refractivity contribution in [3.63, 3.8) is 0 Å². The van der Waals surface area contributed by atoms with Gasteiger partial charge in [0.2, 0.25) is 0 Å². The first-order valence-electron chi connectivity index (χ1n) is 6.28. The maximum atomic E-state index is 11.7. The highest BCUT2D eigenvalue weighted by atomic mass is 16.5. The van der Waals surface area contributed by atoms with E-state index in [1.54, 1.807) is 7.11 Å². The van der Waals surface area contributed by atoms with Crippen LogP contribution in [0, 0.1) is 6.92 Å². The highest BCUT2D eigenvalue weighted by molar-refractivity contribution is 5.77. The second kappa shape index (κ2) is 7.76. The van der Waals surface area contributed by atoms with Crippen LogP contribution in [0.25, 0.3) is 0 Å². The molecule has 19 heavy (non-hydrogen) atoms. The van der Waals surface area contributed by atoms with Gasteiger partial charge >= 0.3 is 0 Å².